The first-order chi connectivity index (χ1) is 5.90. The average molecular weight is 227 g/mol. The molecule has 0 spiro atoms. The van der Waals surface area contributed by atoms with E-state index in [2.05, 4.69) is 0 Å². The smallest absolute Gasteiger partial charge is 0.343 e. The van der Waals surface area contributed by atoms with Gasteiger partial charge in [0.25, 0.3) is 0 Å². The molecule has 0 bridgehead atoms. The largest absolute Gasteiger partial charge is 0.479 e. The Balaban J connectivity index is 2.82. The Bertz CT molecular complexity index is 209. The first-order valence-electron chi connectivity index (χ1n) is 4.24. The van der Waals surface area contributed by atoms with Crippen LogP contribution in [0.2, 0.25) is 0 Å². The van der Waals surface area contributed by atoms with Crippen LogP contribution >= 0.6 is 23.2 Å². The van der Waals surface area contributed by atoms with E-state index in [1.54, 1.807) is 0 Å². The zero-order valence-electron chi connectivity index (χ0n) is 7.09. The minimum Gasteiger partial charge on any atom is -0.479 e. The molecule has 1 aliphatic rings. The van der Waals surface area contributed by atoms with Crippen molar-refractivity contribution in [3.63, 3.8) is 0 Å². The maximum absolute atomic E-state index is 10.7. The fourth-order valence-corrected chi connectivity index (χ4v) is 2.03. The Morgan fingerprint density at radius 1 is 1.23 bits per heavy atom. The molecule has 0 aliphatic heterocycles. The number of aliphatic hydroxyl groups is 1. The summed E-state index contributed by atoms with van der Waals surface area (Å²) < 4.78 is -2.08. The second-order valence-electron chi connectivity index (χ2n) is 3.47. The number of halogens is 2. The summed E-state index contributed by atoms with van der Waals surface area (Å²) in [4.78, 5) is 10.7. The van der Waals surface area contributed by atoms with E-state index in [1.807, 2.05) is 0 Å². The van der Waals surface area contributed by atoms with Gasteiger partial charge in [-0.2, -0.15) is 0 Å². The lowest BCUT2D eigenvalue weighted by Crippen LogP contribution is -2.52. The molecule has 1 aliphatic carbocycles. The molecule has 0 radical (unpaired) electrons. The number of hydrogen-bond donors (Lipinski definition) is 2. The highest BCUT2D eigenvalue weighted by molar-refractivity contribution is 6.58. The molecule has 0 aromatic rings. The zero-order valence-corrected chi connectivity index (χ0v) is 8.61. The van der Waals surface area contributed by atoms with E-state index in [0.29, 0.717) is 12.8 Å². The summed E-state index contributed by atoms with van der Waals surface area (Å²) in [5.41, 5.74) is -1.47. The number of carboxylic acids is 1. The SMILES string of the molecule is O=C(O)C(Cl)(Cl)C1(O)CCCCC1. The molecule has 2 N–H and O–H groups in total. The van der Waals surface area contributed by atoms with Crippen molar-refractivity contribution in [2.24, 2.45) is 0 Å². The predicted molar refractivity (Wildman–Crippen MR) is 50.1 cm³/mol. The average Bonchev–Trinajstić information content (AvgIpc) is 2.05. The van der Waals surface area contributed by atoms with Gasteiger partial charge >= 0.3 is 5.97 Å². The topological polar surface area (TPSA) is 57.5 Å². The number of carboxylic acid groups (broad SMARTS) is 1. The van der Waals surface area contributed by atoms with Crippen molar-refractivity contribution in [3.8, 4) is 0 Å². The molecule has 3 nitrogen and oxygen atoms in total. The van der Waals surface area contributed by atoms with Crippen LogP contribution in [0.1, 0.15) is 32.1 Å². The normalized spacial score (nSPS) is 22.7. The van der Waals surface area contributed by atoms with Gasteiger partial charge in [-0.1, -0.05) is 42.5 Å². The summed E-state index contributed by atoms with van der Waals surface area (Å²) in [6, 6.07) is 0. The van der Waals surface area contributed by atoms with Crippen LogP contribution in [-0.2, 0) is 4.79 Å². The van der Waals surface area contributed by atoms with Gasteiger partial charge in [-0.25, -0.2) is 4.79 Å². The van der Waals surface area contributed by atoms with Crippen molar-refractivity contribution < 1.29 is 15.0 Å². The van der Waals surface area contributed by atoms with E-state index < -0.39 is 15.9 Å². The molecule has 13 heavy (non-hydrogen) atoms. The van der Waals surface area contributed by atoms with Crippen molar-refractivity contribution in [2.75, 3.05) is 0 Å². The lowest BCUT2D eigenvalue weighted by Gasteiger charge is -2.38. The second kappa shape index (κ2) is 3.64. The number of carbonyl (C=O) groups is 1. The van der Waals surface area contributed by atoms with Gasteiger partial charge in [0.2, 0.25) is 4.33 Å². The van der Waals surface area contributed by atoms with Gasteiger partial charge in [0.1, 0.15) is 5.60 Å². The van der Waals surface area contributed by atoms with Crippen LogP contribution in [0.25, 0.3) is 0 Å². The minimum absolute atomic E-state index is 0.353. The van der Waals surface area contributed by atoms with Crippen LogP contribution in [0.5, 0.6) is 0 Å². The Labute approximate surface area is 86.6 Å². The fraction of sp³-hybridized carbons (Fsp3) is 0.875. The van der Waals surface area contributed by atoms with Gasteiger partial charge in [-0.05, 0) is 12.8 Å². The van der Waals surface area contributed by atoms with E-state index in [9.17, 15) is 9.90 Å². The summed E-state index contributed by atoms with van der Waals surface area (Å²) in [6.07, 6.45) is 3.24. The Hall–Kier alpha value is 0.01000. The molecule has 1 fully saturated rings. The lowest BCUT2D eigenvalue weighted by molar-refractivity contribution is -0.145. The quantitative estimate of drug-likeness (QED) is 0.708. The third-order valence-electron chi connectivity index (χ3n) is 2.53. The molecule has 5 heteroatoms. The van der Waals surface area contributed by atoms with Crippen LogP contribution in [0, 0.1) is 0 Å². The number of aliphatic carboxylic acids is 1. The Kier molecular flexibility index (Phi) is 3.10. The number of hydrogen-bond acceptors (Lipinski definition) is 2. The number of alkyl halides is 2. The van der Waals surface area contributed by atoms with Crippen LogP contribution in [-0.4, -0.2) is 26.1 Å². The highest BCUT2D eigenvalue weighted by Crippen LogP contribution is 2.43. The molecule has 0 atom stereocenters. The first kappa shape index (κ1) is 11.1. The van der Waals surface area contributed by atoms with Gasteiger partial charge in [0.15, 0.2) is 0 Å². The molecular weight excluding hydrogens is 215 g/mol. The molecule has 1 saturated carbocycles. The van der Waals surface area contributed by atoms with Crippen LogP contribution < -0.4 is 0 Å². The van der Waals surface area contributed by atoms with E-state index >= 15 is 0 Å². The summed E-state index contributed by atoms with van der Waals surface area (Å²) >= 11 is 11.2. The Morgan fingerprint density at radius 3 is 2.08 bits per heavy atom. The summed E-state index contributed by atoms with van der Waals surface area (Å²) in [5.74, 6) is -1.37. The number of rotatable bonds is 2. The maximum Gasteiger partial charge on any atom is 0.343 e. The third-order valence-corrected chi connectivity index (χ3v) is 3.56. The zero-order chi connectivity index (χ0) is 10.1. The van der Waals surface area contributed by atoms with Crippen molar-refractivity contribution in [2.45, 2.75) is 42.0 Å². The molecule has 0 amide bonds. The summed E-state index contributed by atoms with van der Waals surface area (Å²) in [7, 11) is 0. The van der Waals surface area contributed by atoms with E-state index in [0.717, 1.165) is 19.3 Å². The molecule has 76 valence electrons. The van der Waals surface area contributed by atoms with E-state index in [-0.39, 0.29) is 0 Å². The molecule has 0 saturated heterocycles. The van der Waals surface area contributed by atoms with Crippen molar-refractivity contribution >= 4 is 29.2 Å². The molecular formula is C8H12Cl2O3. The summed E-state index contributed by atoms with van der Waals surface area (Å²) in [6.45, 7) is 0. The van der Waals surface area contributed by atoms with Gasteiger partial charge in [-0.15, -0.1) is 0 Å². The highest BCUT2D eigenvalue weighted by Gasteiger charge is 2.54. The van der Waals surface area contributed by atoms with Gasteiger partial charge in [0, 0.05) is 0 Å². The van der Waals surface area contributed by atoms with Gasteiger partial charge in [-0.3, -0.25) is 0 Å². The second-order valence-corrected chi connectivity index (χ2v) is 4.80. The van der Waals surface area contributed by atoms with E-state index in [4.69, 9.17) is 28.3 Å². The monoisotopic (exact) mass is 226 g/mol. The van der Waals surface area contributed by atoms with Crippen molar-refractivity contribution in [1.29, 1.82) is 0 Å². The summed E-state index contributed by atoms with van der Waals surface area (Å²) in [5, 5.41) is 18.7. The van der Waals surface area contributed by atoms with Gasteiger partial charge in [0.05, 0.1) is 0 Å². The highest BCUT2D eigenvalue weighted by atomic mass is 35.5. The van der Waals surface area contributed by atoms with Crippen molar-refractivity contribution in [1.82, 2.24) is 0 Å². The molecule has 0 unspecified atom stereocenters. The van der Waals surface area contributed by atoms with Gasteiger partial charge < -0.3 is 10.2 Å². The maximum atomic E-state index is 10.7. The third kappa shape index (κ3) is 1.92. The molecule has 0 heterocycles. The van der Waals surface area contributed by atoms with Crippen LogP contribution in [0.3, 0.4) is 0 Å². The standard InChI is InChI=1S/C8H12Cl2O3/c9-8(10,6(11)12)7(13)4-2-1-3-5-7/h13H,1-5H2,(H,11,12). The van der Waals surface area contributed by atoms with Crippen molar-refractivity contribution in [3.05, 3.63) is 0 Å². The lowest BCUT2D eigenvalue weighted by atomic mass is 9.82. The minimum atomic E-state index is -2.08. The fourth-order valence-electron chi connectivity index (χ4n) is 1.65. The first-order valence-corrected chi connectivity index (χ1v) is 4.99. The molecule has 1 rings (SSSR count). The molecule has 0 aromatic carbocycles. The van der Waals surface area contributed by atoms with Crippen LogP contribution in [0.15, 0.2) is 0 Å². The Morgan fingerprint density at radius 2 is 1.69 bits per heavy atom. The van der Waals surface area contributed by atoms with Crippen LogP contribution in [0.4, 0.5) is 0 Å². The predicted octanol–water partition coefficient (Wildman–Crippen LogP) is 1.94. The molecule has 0 aromatic heterocycles. The van der Waals surface area contributed by atoms with E-state index in [1.165, 1.54) is 0 Å².